The highest BCUT2D eigenvalue weighted by atomic mass is 32.2. The van der Waals surface area contributed by atoms with Crippen molar-refractivity contribution in [3.63, 3.8) is 0 Å². The first-order valence-corrected chi connectivity index (χ1v) is 5.39. The van der Waals surface area contributed by atoms with E-state index in [2.05, 4.69) is 4.74 Å². The molecule has 0 rings (SSSR count). The average molecular weight is 300 g/mol. The van der Waals surface area contributed by atoms with E-state index in [9.17, 15) is 30.7 Å². The lowest BCUT2D eigenvalue weighted by Crippen LogP contribution is -2.43. The summed E-state index contributed by atoms with van der Waals surface area (Å²) in [7, 11) is 0. The number of hydrogen-bond acceptors (Lipinski definition) is 2. The predicted octanol–water partition coefficient (Wildman–Crippen LogP) is 4.80. The zero-order valence-corrected chi connectivity index (χ0v) is 10.5. The van der Waals surface area contributed by atoms with Gasteiger partial charge in [-0.3, -0.25) is 0 Å². The van der Waals surface area contributed by atoms with E-state index < -0.39 is 34.6 Å². The molecule has 0 amide bonds. The highest BCUT2D eigenvalue weighted by Crippen LogP contribution is 2.48. The Morgan fingerprint density at radius 1 is 1.00 bits per heavy atom. The maximum Gasteiger partial charge on any atom is 0.360 e. The topological polar surface area (TPSA) is 9.23 Å². The Morgan fingerprint density at radius 2 is 1.44 bits per heavy atom. The number of thioether (sulfide) groups is 1. The summed E-state index contributed by atoms with van der Waals surface area (Å²) in [6.45, 7) is 1.63. The first-order chi connectivity index (χ1) is 7.78. The fourth-order valence-corrected chi connectivity index (χ4v) is 1.73. The first-order valence-electron chi connectivity index (χ1n) is 4.58. The van der Waals surface area contributed by atoms with Crippen molar-refractivity contribution in [2.45, 2.75) is 36.7 Å². The van der Waals surface area contributed by atoms with Crippen molar-refractivity contribution in [2.75, 3.05) is 6.61 Å². The van der Waals surface area contributed by atoms with Crippen molar-refractivity contribution < 1.29 is 35.5 Å². The van der Waals surface area contributed by atoms with Crippen molar-refractivity contribution in [3.8, 4) is 0 Å². The van der Waals surface area contributed by atoms with Crippen LogP contribution < -0.4 is 0 Å². The van der Waals surface area contributed by atoms with Crippen molar-refractivity contribution >= 4 is 11.8 Å². The second-order valence-electron chi connectivity index (χ2n) is 4.26. The van der Waals surface area contributed by atoms with Crippen LogP contribution in [0.4, 0.5) is 30.7 Å². The van der Waals surface area contributed by atoms with E-state index in [1.807, 2.05) is 0 Å². The smallest absolute Gasteiger partial charge is 0.360 e. The molecule has 0 aliphatic heterocycles. The Morgan fingerprint density at radius 3 is 1.78 bits per heavy atom. The van der Waals surface area contributed by atoms with Crippen LogP contribution in [-0.2, 0) is 4.74 Å². The summed E-state index contributed by atoms with van der Waals surface area (Å²) in [6.07, 6.45) is -2.99. The van der Waals surface area contributed by atoms with E-state index in [1.165, 1.54) is 20.8 Å². The third kappa shape index (κ3) is 5.36. The van der Waals surface area contributed by atoms with E-state index >= 15 is 0 Å². The van der Waals surface area contributed by atoms with E-state index in [0.717, 1.165) is 0 Å². The van der Waals surface area contributed by atoms with Crippen molar-refractivity contribution in [1.29, 1.82) is 0 Å². The van der Waals surface area contributed by atoms with Gasteiger partial charge in [0, 0.05) is 4.75 Å². The van der Waals surface area contributed by atoms with E-state index in [0.29, 0.717) is 0 Å². The number of hydrogen-bond donors (Lipinski definition) is 0. The van der Waals surface area contributed by atoms with Gasteiger partial charge in [0.1, 0.15) is 0 Å². The summed E-state index contributed by atoms with van der Waals surface area (Å²) in [5.74, 6) is -4.78. The van der Waals surface area contributed by atoms with Crippen molar-refractivity contribution in [1.82, 2.24) is 0 Å². The maximum absolute atomic E-state index is 13.2. The van der Waals surface area contributed by atoms with Crippen LogP contribution in [-0.4, -0.2) is 22.5 Å². The quantitative estimate of drug-likeness (QED) is 0.533. The molecule has 0 saturated carbocycles. The molecule has 0 spiro atoms. The largest absolute Gasteiger partial charge is 0.460 e. The van der Waals surface area contributed by atoms with Gasteiger partial charge < -0.3 is 4.74 Å². The molecule has 1 nitrogen and oxygen atoms in total. The van der Waals surface area contributed by atoms with Gasteiger partial charge >= 0.3 is 23.3 Å². The number of alkyl halides is 4. The van der Waals surface area contributed by atoms with Crippen LogP contribution in [0.3, 0.4) is 0 Å². The first kappa shape index (κ1) is 17.4. The number of rotatable bonds is 5. The fraction of sp³-hybridized carbons (Fsp3) is 0.778. The predicted molar refractivity (Wildman–Crippen MR) is 53.5 cm³/mol. The molecule has 0 atom stereocenters. The van der Waals surface area contributed by atoms with Gasteiger partial charge in [-0.25, -0.2) is 0 Å². The molecular weight excluding hydrogens is 289 g/mol. The molecule has 0 aromatic rings. The second-order valence-corrected chi connectivity index (χ2v) is 6.20. The molecule has 0 fully saturated rings. The Bertz CT molecular complexity index is 317. The summed E-state index contributed by atoms with van der Waals surface area (Å²) >= 11 is -0.363. The second kappa shape index (κ2) is 5.58. The molecule has 0 heterocycles. The molecule has 0 aromatic heterocycles. The molecule has 0 aliphatic carbocycles. The summed E-state index contributed by atoms with van der Waals surface area (Å²) < 4.78 is 89.6. The highest BCUT2D eigenvalue weighted by Gasteiger charge is 2.59. The van der Waals surface area contributed by atoms with Crippen LogP contribution in [0.15, 0.2) is 12.1 Å². The van der Waals surface area contributed by atoms with Gasteiger partial charge in [0.15, 0.2) is 6.61 Å². The Kier molecular flexibility index (Phi) is 5.39. The molecule has 0 saturated heterocycles. The minimum absolute atomic E-state index is 0.363. The number of halogens is 7. The SMILES string of the molecule is CC(C)(C)SC(F)(F)C(F)(F)COC(F)=C(F)F. The van der Waals surface area contributed by atoms with Crippen LogP contribution in [0.1, 0.15) is 20.8 Å². The molecule has 18 heavy (non-hydrogen) atoms. The zero-order valence-electron chi connectivity index (χ0n) is 9.67. The number of ether oxygens (including phenoxy) is 1. The van der Waals surface area contributed by atoms with E-state index in [1.54, 1.807) is 0 Å². The third-order valence-electron chi connectivity index (χ3n) is 1.39. The molecule has 0 aromatic carbocycles. The van der Waals surface area contributed by atoms with Gasteiger partial charge in [-0.2, -0.15) is 30.7 Å². The monoisotopic (exact) mass is 300 g/mol. The van der Waals surface area contributed by atoms with Gasteiger partial charge in [-0.1, -0.05) is 32.5 Å². The molecule has 0 radical (unpaired) electrons. The third-order valence-corrected chi connectivity index (χ3v) is 2.56. The Hall–Kier alpha value is -0.600. The van der Waals surface area contributed by atoms with Gasteiger partial charge in [0.2, 0.25) is 0 Å². The van der Waals surface area contributed by atoms with Crippen molar-refractivity contribution in [3.05, 3.63) is 12.1 Å². The van der Waals surface area contributed by atoms with Gasteiger partial charge in [0.25, 0.3) is 0 Å². The molecule has 0 unspecified atom stereocenters. The summed E-state index contributed by atoms with van der Waals surface area (Å²) in [5.41, 5.74) is 0. The molecule has 9 heteroatoms. The van der Waals surface area contributed by atoms with Crippen molar-refractivity contribution in [2.24, 2.45) is 0 Å². The van der Waals surface area contributed by atoms with Gasteiger partial charge in [-0.15, -0.1) is 0 Å². The lowest BCUT2D eigenvalue weighted by Gasteiger charge is -2.30. The summed E-state index contributed by atoms with van der Waals surface area (Å²) in [6, 6.07) is -2.59. The van der Waals surface area contributed by atoms with Crippen LogP contribution in [0.2, 0.25) is 0 Å². The Balaban J connectivity index is 4.76. The lowest BCUT2D eigenvalue weighted by atomic mass is 10.3. The zero-order chi connectivity index (χ0) is 14.8. The molecular formula is C9H11F7OS. The normalized spacial score (nSPS) is 13.4. The molecule has 0 N–H and O–H groups in total. The minimum Gasteiger partial charge on any atom is -0.460 e. The fourth-order valence-electron chi connectivity index (χ4n) is 0.752. The highest BCUT2D eigenvalue weighted by molar-refractivity contribution is 8.01. The van der Waals surface area contributed by atoms with E-state index in [-0.39, 0.29) is 11.8 Å². The lowest BCUT2D eigenvalue weighted by molar-refractivity contribution is -0.182. The van der Waals surface area contributed by atoms with Crippen LogP contribution in [0.25, 0.3) is 0 Å². The van der Waals surface area contributed by atoms with Crippen LogP contribution in [0.5, 0.6) is 0 Å². The van der Waals surface area contributed by atoms with Crippen LogP contribution >= 0.6 is 11.8 Å². The standard InChI is InChI=1S/C9H11F7OS/c1-7(2,3)18-9(15,16)8(13,14)4-17-6(12)5(10)11/h4H2,1-3H3. The molecule has 0 aliphatic rings. The van der Waals surface area contributed by atoms with Gasteiger partial charge in [-0.05, 0) is 0 Å². The molecule has 0 bridgehead atoms. The van der Waals surface area contributed by atoms with Gasteiger partial charge in [0.05, 0.1) is 0 Å². The maximum atomic E-state index is 13.2. The summed E-state index contributed by atoms with van der Waals surface area (Å²) in [5, 5.41) is -4.57. The molecule has 108 valence electrons. The van der Waals surface area contributed by atoms with E-state index in [4.69, 9.17) is 0 Å². The Labute approximate surface area is 103 Å². The summed E-state index contributed by atoms with van der Waals surface area (Å²) in [4.78, 5) is 0. The van der Waals surface area contributed by atoms with Crippen LogP contribution in [0, 0.1) is 0 Å². The average Bonchev–Trinajstić information content (AvgIpc) is 2.09. The minimum atomic E-state index is -4.78.